The zero-order valence-electron chi connectivity index (χ0n) is 13.4. The number of aromatic nitrogens is 3. The Morgan fingerprint density at radius 1 is 1.36 bits per heavy atom. The number of sulfone groups is 1. The number of nitrogens with one attached hydrogen (secondary N) is 1. The Labute approximate surface area is 154 Å². The van der Waals surface area contributed by atoms with Crippen LogP contribution < -0.4 is 5.32 Å². The molecule has 4 rings (SSSR count). The summed E-state index contributed by atoms with van der Waals surface area (Å²) < 4.78 is 25.1. The molecule has 2 aromatic heterocycles. The van der Waals surface area contributed by atoms with Crippen LogP contribution in [0.3, 0.4) is 0 Å². The number of hydrogen-bond acceptors (Lipinski definition) is 7. The maximum atomic E-state index is 12.1. The Balaban J connectivity index is 1.41. The second-order valence-electron chi connectivity index (χ2n) is 6.34. The van der Waals surface area contributed by atoms with Crippen LogP contribution >= 0.6 is 23.1 Å². The molecular weight excluding hydrogens is 380 g/mol. The molecule has 0 bridgehead atoms. The number of hydrogen-bond donors (Lipinski definition) is 1. The summed E-state index contributed by atoms with van der Waals surface area (Å²) in [5.74, 6) is 1.12. The third-order valence-corrected chi connectivity index (χ3v) is 7.82. The maximum absolute atomic E-state index is 12.1. The molecule has 2 fully saturated rings. The predicted molar refractivity (Wildman–Crippen MR) is 97.5 cm³/mol. The van der Waals surface area contributed by atoms with Gasteiger partial charge < -0.3 is 5.32 Å². The normalized spacial score (nSPS) is 22.2. The first-order valence-electron chi connectivity index (χ1n) is 8.13. The SMILES string of the molecule is O=C(CSc1nnc(-c2cccs2)n1C1CC1)N[C@H]1CCS(=O)(=O)C1. The van der Waals surface area contributed by atoms with Crippen LogP contribution in [0.1, 0.15) is 25.3 Å². The third-order valence-electron chi connectivity index (χ3n) is 4.25. The van der Waals surface area contributed by atoms with E-state index in [9.17, 15) is 13.2 Å². The summed E-state index contributed by atoms with van der Waals surface area (Å²) in [6, 6.07) is 4.16. The van der Waals surface area contributed by atoms with E-state index in [2.05, 4.69) is 20.1 Å². The van der Waals surface area contributed by atoms with Crippen LogP contribution in [0.2, 0.25) is 0 Å². The molecule has 1 saturated carbocycles. The molecule has 10 heteroatoms. The highest BCUT2D eigenvalue weighted by atomic mass is 32.2. The predicted octanol–water partition coefficient (Wildman–Crippen LogP) is 1.74. The number of thioether (sulfide) groups is 1. The van der Waals surface area contributed by atoms with E-state index in [0.29, 0.717) is 12.5 Å². The smallest absolute Gasteiger partial charge is 0.230 e. The van der Waals surface area contributed by atoms with Gasteiger partial charge in [0.2, 0.25) is 5.91 Å². The summed E-state index contributed by atoms with van der Waals surface area (Å²) in [4.78, 5) is 13.2. The Morgan fingerprint density at radius 3 is 2.84 bits per heavy atom. The molecule has 1 N–H and O–H groups in total. The molecule has 0 radical (unpaired) electrons. The van der Waals surface area contributed by atoms with Gasteiger partial charge in [0.25, 0.3) is 0 Å². The minimum Gasteiger partial charge on any atom is -0.352 e. The molecule has 1 atom stereocenters. The van der Waals surface area contributed by atoms with E-state index in [1.54, 1.807) is 11.3 Å². The molecule has 1 saturated heterocycles. The van der Waals surface area contributed by atoms with Crippen LogP contribution in [0.15, 0.2) is 22.7 Å². The molecule has 1 aliphatic heterocycles. The molecule has 25 heavy (non-hydrogen) atoms. The lowest BCUT2D eigenvalue weighted by atomic mass is 10.3. The van der Waals surface area contributed by atoms with Gasteiger partial charge in [-0.15, -0.1) is 21.5 Å². The molecule has 134 valence electrons. The van der Waals surface area contributed by atoms with Crippen molar-refractivity contribution in [1.29, 1.82) is 0 Å². The second-order valence-corrected chi connectivity index (χ2v) is 10.5. The van der Waals surface area contributed by atoms with Gasteiger partial charge in [0.1, 0.15) is 0 Å². The first kappa shape index (κ1) is 17.0. The number of carbonyl (C=O) groups excluding carboxylic acids is 1. The number of carbonyl (C=O) groups is 1. The summed E-state index contributed by atoms with van der Waals surface area (Å²) in [7, 11) is -2.99. The van der Waals surface area contributed by atoms with Crippen LogP contribution in [-0.2, 0) is 14.6 Å². The van der Waals surface area contributed by atoms with Crippen LogP contribution in [0.4, 0.5) is 0 Å². The van der Waals surface area contributed by atoms with Gasteiger partial charge in [0.15, 0.2) is 20.8 Å². The number of amides is 1. The fraction of sp³-hybridized carbons (Fsp3) is 0.533. The van der Waals surface area contributed by atoms with Crippen molar-refractivity contribution in [2.75, 3.05) is 17.3 Å². The van der Waals surface area contributed by atoms with Crippen molar-refractivity contribution in [3.05, 3.63) is 17.5 Å². The Morgan fingerprint density at radius 2 is 2.20 bits per heavy atom. The zero-order valence-corrected chi connectivity index (χ0v) is 15.9. The number of rotatable bonds is 6. The number of nitrogens with zero attached hydrogens (tertiary/aromatic N) is 3. The maximum Gasteiger partial charge on any atom is 0.230 e. The molecule has 2 aromatic rings. The Kier molecular flexibility index (Phi) is 4.59. The highest BCUT2D eigenvalue weighted by molar-refractivity contribution is 7.99. The standard InChI is InChI=1S/C15H18N4O3S3/c20-13(16-10-5-7-25(21,22)9-10)8-24-15-18-17-14(12-2-1-6-23-12)19(15)11-3-4-11/h1-2,6,10-11H,3-5,7-9H2,(H,16,20)/t10-/m0/s1. The summed E-state index contributed by atoms with van der Waals surface area (Å²) in [5, 5.41) is 14.1. The topological polar surface area (TPSA) is 93.9 Å². The van der Waals surface area contributed by atoms with Crippen LogP contribution in [-0.4, -0.2) is 52.4 Å². The van der Waals surface area contributed by atoms with Crippen molar-refractivity contribution in [2.45, 2.75) is 36.5 Å². The van der Waals surface area contributed by atoms with Crippen molar-refractivity contribution < 1.29 is 13.2 Å². The van der Waals surface area contributed by atoms with Crippen molar-refractivity contribution in [2.24, 2.45) is 0 Å². The van der Waals surface area contributed by atoms with E-state index >= 15 is 0 Å². The van der Waals surface area contributed by atoms with E-state index in [0.717, 1.165) is 28.7 Å². The molecule has 0 spiro atoms. The van der Waals surface area contributed by atoms with E-state index in [-0.39, 0.29) is 29.2 Å². The van der Waals surface area contributed by atoms with E-state index in [4.69, 9.17) is 0 Å². The van der Waals surface area contributed by atoms with E-state index in [1.165, 1.54) is 11.8 Å². The van der Waals surface area contributed by atoms with E-state index in [1.807, 2.05) is 17.5 Å². The Hall–Kier alpha value is -1.39. The third kappa shape index (κ3) is 3.90. The van der Waals surface area contributed by atoms with Gasteiger partial charge in [-0.05, 0) is 30.7 Å². The zero-order chi connectivity index (χ0) is 17.4. The summed E-state index contributed by atoms with van der Waals surface area (Å²) in [6.45, 7) is 0. The minimum atomic E-state index is -2.99. The van der Waals surface area contributed by atoms with Crippen molar-refractivity contribution >= 4 is 38.8 Å². The van der Waals surface area contributed by atoms with Gasteiger partial charge in [-0.2, -0.15) is 0 Å². The van der Waals surface area contributed by atoms with Crippen LogP contribution in [0.25, 0.3) is 10.7 Å². The lowest BCUT2D eigenvalue weighted by Crippen LogP contribution is -2.36. The van der Waals surface area contributed by atoms with Crippen molar-refractivity contribution in [3.63, 3.8) is 0 Å². The van der Waals surface area contributed by atoms with Crippen molar-refractivity contribution in [3.8, 4) is 10.7 Å². The lowest BCUT2D eigenvalue weighted by Gasteiger charge is -2.11. The molecule has 2 aliphatic rings. The molecular formula is C15H18N4O3S3. The van der Waals surface area contributed by atoms with E-state index < -0.39 is 9.84 Å². The highest BCUT2D eigenvalue weighted by Gasteiger charge is 2.31. The average Bonchev–Trinajstić information content (AvgIpc) is 2.98. The molecule has 3 heterocycles. The van der Waals surface area contributed by atoms with Gasteiger partial charge in [0.05, 0.1) is 22.1 Å². The molecule has 1 aliphatic carbocycles. The monoisotopic (exact) mass is 398 g/mol. The summed E-state index contributed by atoms with van der Waals surface area (Å²) in [5.41, 5.74) is 0. The fourth-order valence-electron chi connectivity index (χ4n) is 2.92. The molecule has 0 aromatic carbocycles. The Bertz CT molecular complexity index is 872. The first-order chi connectivity index (χ1) is 12.0. The molecule has 7 nitrogen and oxygen atoms in total. The largest absolute Gasteiger partial charge is 0.352 e. The van der Waals surface area contributed by atoms with Crippen molar-refractivity contribution in [1.82, 2.24) is 20.1 Å². The minimum absolute atomic E-state index is 0.0458. The fourth-order valence-corrected chi connectivity index (χ4v) is 6.11. The van der Waals surface area contributed by atoms with Gasteiger partial charge in [-0.3, -0.25) is 9.36 Å². The van der Waals surface area contributed by atoms with Gasteiger partial charge in [0, 0.05) is 12.1 Å². The first-order valence-corrected chi connectivity index (χ1v) is 11.8. The average molecular weight is 399 g/mol. The lowest BCUT2D eigenvalue weighted by molar-refractivity contribution is -0.119. The second kappa shape index (κ2) is 6.73. The summed E-state index contributed by atoms with van der Waals surface area (Å²) in [6.07, 6.45) is 2.71. The number of thiophene rings is 1. The summed E-state index contributed by atoms with van der Waals surface area (Å²) >= 11 is 2.98. The van der Waals surface area contributed by atoms with Gasteiger partial charge in [-0.25, -0.2) is 8.42 Å². The molecule has 1 amide bonds. The van der Waals surface area contributed by atoms with Crippen LogP contribution in [0, 0.1) is 0 Å². The van der Waals surface area contributed by atoms with Gasteiger partial charge >= 0.3 is 0 Å². The molecule has 0 unspecified atom stereocenters. The van der Waals surface area contributed by atoms with Gasteiger partial charge in [-0.1, -0.05) is 17.8 Å². The highest BCUT2D eigenvalue weighted by Crippen LogP contribution is 2.41. The quantitative estimate of drug-likeness (QED) is 0.745. The van der Waals surface area contributed by atoms with Crippen LogP contribution in [0.5, 0.6) is 0 Å².